The van der Waals surface area contributed by atoms with Crippen molar-refractivity contribution in [3.8, 4) is 0 Å². The van der Waals surface area contributed by atoms with E-state index in [0.29, 0.717) is 12.1 Å². The van der Waals surface area contributed by atoms with Crippen LogP contribution in [0.15, 0.2) is 24.3 Å². The quantitative estimate of drug-likeness (QED) is 0.790. The lowest BCUT2D eigenvalue weighted by Crippen LogP contribution is -2.23. The molecule has 1 rings (SSSR count). The molecule has 14 heavy (non-hydrogen) atoms. The normalized spacial score (nSPS) is 13.2. The zero-order chi connectivity index (χ0) is 10.6. The fraction of sp³-hybridized carbons (Fsp3) is 0.455. The molecule has 1 aromatic rings. The molecule has 0 spiro atoms. The van der Waals surface area contributed by atoms with E-state index < -0.39 is 0 Å². The van der Waals surface area contributed by atoms with E-state index in [4.69, 9.17) is 5.11 Å². The van der Waals surface area contributed by atoms with Gasteiger partial charge in [-0.2, -0.15) is 0 Å². The van der Waals surface area contributed by atoms with Gasteiger partial charge in [0.2, 0.25) is 0 Å². The summed E-state index contributed by atoms with van der Waals surface area (Å²) in [5.41, 5.74) is 0.587. The molecule has 0 amide bonds. The van der Waals surface area contributed by atoms with E-state index in [1.54, 1.807) is 18.2 Å². The summed E-state index contributed by atoms with van der Waals surface area (Å²) in [6, 6.07) is 6.59. The molecule has 0 fully saturated rings. The summed E-state index contributed by atoms with van der Waals surface area (Å²) in [4.78, 5) is 1.94. The highest BCUT2D eigenvalue weighted by Crippen LogP contribution is 2.18. The number of nitrogens with zero attached hydrogens (tertiary/aromatic N) is 1. The number of aliphatic hydroxyl groups is 1. The summed E-state index contributed by atoms with van der Waals surface area (Å²) in [5.74, 6) is -0.389. The first-order valence-electron chi connectivity index (χ1n) is 4.65. The third-order valence-corrected chi connectivity index (χ3v) is 2.15. The van der Waals surface area contributed by atoms with Crippen molar-refractivity contribution in [1.29, 1.82) is 0 Å². The minimum atomic E-state index is -0.242. The summed E-state index contributed by atoms with van der Waals surface area (Å²) < 4.78 is 13.3. The van der Waals surface area contributed by atoms with Gasteiger partial charge in [-0.25, -0.2) is 4.39 Å². The second-order valence-electron chi connectivity index (χ2n) is 3.66. The van der Waals surface area contributed by atoms with E-state index in [9.17, 15) is 4.39 Å². The molecule has 1 aromatic carbocycles. The fourth-order valence-electron chi connectivity index (χ4n) is 1.50. The SMILES string of the molecule is CN(C)CC(CO)c1ccccc1F. The van der Waals surface area contributed by atoms with E-state index in [1.807, 2.05) is 19.0 Å². The lowest BCUT2D eigenvalue weighted by molar-refractivity contribution is 0.232. The third-order valence-electron chi connectivity index (χ3n) is 2.15. The van der Waals surface area contributed by atoms with Crippen LogP contribution >= 0.6 is 0 Å². The molecular formula is C11H16FNO. The van der Waals surface area contributed by atoms with Crippen LogP contribution in [0.1, 0.15) is 11.5 Å². The molecule has 0 aliphatic heterocycles. The van der Waals surface area contributed by atoms with E-state index in [0.717, 1.165) is 0 Å². The number of aliphatic hydroxyl groups excluding tert-OH is 1. The number of hydrogen-bond donors (Lipinski definition) is 1. The van der Waals surface area contributed by atoms with Gasteiger partial charge in [-0.3, -0.25) is 0 Å². The number of benzene rings is 1. The van der Waals surface area contributed by atoms with Crippen LogP contribution in [0.5, 0.6) is 0 Å². The highest BCUT2D eigenvalue weighted by Gasteiger charge is 2.14. The first-order valence-corrected chi connectivity index (χ1v) is 4.65. The molecule has 0 heterocycles. The molecule has 0 bridgehead atoms. The Morgan fingerprint density at radius 1 is 1.36 bits per heavy atom. The molecular weight excluding hydrogens is 181 g/mol. The summed E-state index contributed by atoms with van der Waals surface area (Å²) in [6.07, 6.45) is 0. The molecule has 0 radical (unpaired) electrons. The molecule has 1 N–H and O–H groups in total. The number of halogens is 1. The summed E-state index contributed by atoms with van der Waals surface area (Å²) in [7, 11) is 3.81. The lowest BCUT2D eigenvalue weighted by atomic mass is 9.99. The Morgan fingerprint density at radius 2 is 2.00 bits per heavy atom. The van der Waals surface area contributed by atoms with Crippen LogP contribution in [-0.4, -0.2) is 37.3 Å². The Labute approximate surface area is 84.0 Å². The van der Waals surface area contributed by atoms with Crippen LogP contribution in [0.25, 0.3) is 0 Å². The second-order valence-corrected chi connectivity index (χ2v) is 3.66. The Bertz CT molecular complexity index is 288. The van der Waals surface area contributed by atoms with Gasteiger partial charge in [0.15, 0.2) is 0 Å². The monoisotopic (exact) mass is 197 g/mol. The average Bonchev–Trinajstić information content (AvgIpc) is 2.15. The first-order chi connectivity index (χ1) is 6.65. The zero-order valence-corrected chi connectivity index (χ0v) is 8.57. The maximum Gasteiger partial charge on any atom is 0.126 e. The van der Waals surface area contributed by atoms with Crippen LogP contribution in [0, 0.1) is 5.82 Å². The van der Waals surface area contributed by atoms with Crippen LogP contribution in [0.3, 0.4) is 0 Å². The fourth-order valence-corrected chi connectivity index (χ4v) is 1.50. The van der Waals surface area contributed by atoms with Gasteiger partial charge in [0.1, 0.15) is 5.82 Å². The molecule has 0 aliphatic carbocycles. The molecule has 1 unspecified atom stereocenters. The largest absolute Gasteiger partial charge is 0.396 e. The van der Waals surface area contributed by atoms with Crippen molar-refractivity contribution >= 4 is 0 Å². The number of likely N-dealkylation sites (N-methyl/N-ethyl adjacent to an activating group) is 1. The van der Waals surface area contributed by atoms with Crippen molar-refractivity contribution < 1.29 is 9.50 Å². The minimum Gasteiger partial charge on any atom is -0.396 e. The van der Waals surface area contributed by atoms with Crippen LogP contribution in [0.4, 0.5) is 4.39 Å². The molecule has 0 saturated heterocycles. The van der Waals surface area contributed by atoms with Crippen LogP contribution in [0.2, 0.25) is 0 Å². The molecule has 0 aliphatic rings. The molecule has 2 nitrogen and oxygen atoms in total. The van der Waals surface area contributed by atoms with E-state index in [2.05, 4.69) is 0 Å². The zero-order valence-electron chi connectivity index (χ0n) is 8.57. The Morgan fingerprint density at radius 3 is 2.50 bits per heavy atom. The van der Waals surface area contributed by atoms with E-state index >= 15 is 0 Å². The first kappa shape index (κ1) is 11.1. The van der Waals surface area contributed by atoms with Gasteiger partial charge >= 0.3 is 0 Å². The van der Waals surface area contributed by atoms with E-state index in [-0.39, 0.29) is 18.3 Å². The maximum atomic E-state index is 13.3. The van der Waals surface area contributed by atoms with Gasteiger partial charge < -0.3 is 10.0 Å². The van der Waals surface area contributed by atoms with Gasteiger partial charge in [-0.05, 0) is 25.7 Å². The smallest absolute Gasteiger partial charge is 0.126 e. The summed E-state index contributed by atoms with van der Waals surface area (Å²) >= 11 is 0. The van der Waals surface area contributed by atoms with Crippen molar-refractivity contribution in [3.05, 3.63) is 35.6 Å². The van der Waals surface area contributed by atoms with Gasteiger partial charge in [0.05, 0.1) is 6.61 Å². The van der Waals surface area contributed by atoms with Crippen LogP contribution in [-0.2, 0) is 0 Å². The topological polar surface area (TPSA) is 23.5 Å². The Kier molecular flexibility index (Phi) is 4.04. The second kappa shape index (κ2) is 5.08. The molecule has 78 valence electrons. The highest BCUT2D eigenvalue weighted by atomic mass is 19.1. The number of hydrogen-bond acceptors (Lipinski definition) is 2. The van der Waals surface area contributed by atoms with Crippen molar-refractivity contribution in [1.82, 2.24) is 4.90 Å². The molecule has 0 aromatic heterocycles. The van der Waals surface area contributed by atoms with Gasteiger partial charge in [0, 0.05) is 12.5 Å². The van der Waals surface area contributed by atoms with Gasteiger partial charge in [-0.1, -0.05) is 18.2 Å². The minimum absolute atomic E-state index is 0.0287. The number of rotatable bonds is 4. The standard InChI is InChI=1S/C11H16FNO/c1-13(2)7-9(8-14)10-5-3-4-6-11(10)12/h3-6,9,14H,7-8H2,1-2H3. The molecule has 3 heteroatoms. The third kappa shape index (κ3) is 2.79. The average molecular weight is 197 g/mol. The maximum absolute atomic E-state index is 13.3. The summed E-state index contributed by atoms with van der Waals surface area (Å²) in [6.45, 7) is 0.622. The van der Waals surface area contributed by atoms with E-state index in [1.165, 1.54) is 6.07 Å². The Balaban J connectivity index is 2.83. The van der Waals surface area contributed by atoms with Gasteiger partial charge in [-0.15, -0.1) is 0 Å². The Hall–Kier alpha value is -0.930. The van der Waals surface area contributed by atoms with Crippen molar-refractivity contribution in [3.63, 3.8) is 0 Å². The van der Waals surface area contributed by atoms with Crippen molar-refractivity contribution in [2.24, 2.45) is 0 Å². The van der Waals surface area contributed by atoms with Gasteiger partial charge in [0.25, 0.3) is 0 Å². The van der Waals surface area contributed by atoms with Crippen LogP contribution < -0.4 is 0 Å². The van der Waals surface area contributed by atoms with Crippen molar-refractivity contribution in [2.75, 3.05) is 27.2 Å². The van der Waals surface area contributed by atoms with Crippen molar-refractivity contribution in [2.45, 2.75) is 5.92 Å². The lowest BCUT2D eigenvalue weighted by Gasteiger charge is -2.19. The molecule has 1 atom stereocenters. The predicted octanol–water partition coefficient (Wildman–Crippen LogP) is 1.46. The predicted molar refractivity (Wildman–Crippen MR) is 54.8 cm³/mol. The highest BCUT2D eigenvalue weighted by molar-refractivity contribution is 5.22. The molecule has 0 saturated carbocycles. The summed E-state index contributed by atoms with van der Waals surface area (Å²) in [5, 5.41) is 9.16.